The van der Waals surface area contributed by atoms with Crippen molar-refractivity contribution in [2.75, 3.05) is 0 Å². The van der Waals surface area contributed by atoms with Crippen LogP contribution in [-0.2, 0) is 0 Å². The molecule has 70 valence electrons. The molecule has 2 heterocycles. The Morgan fingerprint density at radius 2 is 1.93 bits per heavy atom. The van der Waals surface area contributed by atoms with Gasteiger partial charge in [-0.2, -0.15) is 0 Å². The van der Waals surface area contributed by atoms with E-state index in [1.807, 2.05) is 37.5 Å². The van der Waals surface area contributed by atoms with E-state index in [0.29, 0.717) is 0 Å². The average molecular weight is 184 g/mol. The van der Waals surface area contributed by atoms with E-state index in [-0.39, 0.29) is 0 Å². The van der Waals surface area contributed by atoms with Crippen LogP contribution in [0.3, 0.4) is 0 Å². The molecule has 0 unspecified atom stereocenters. The zero-order valence-electron chi connectivity index (χ0n) is 8.36. The molecule has 0 bridgehead atoms. The highest BCUT2D eigenvalue weighted by atomic mass is 14.7. The smallest absolute Gasteiger partial charge is 0.0705 e. The monoisotopic (exact) mass is 184 g/mol. The van der Waals surface area contributed by atoms with Crippen LogP contribution in [0.25, 0.3) is 11.3 Å². The zero-order valence-corrected chi connectivity index (χ0v) is 8.36. The second-order valence-electron chi connectivity index (χ2n) is 3.36. The first-order valence-electron chi connectivity index (χ1n) is 4.62. The first-order valence-corrected chi connectivity index (χ1v) is 4.62. The number of nitrogens with zero attached hydrogens (tertiary/aromatic N) is 2. The van der Waals surface area contributed by atoms with E-state index in [9.17, 15) is 0 Å². The SMILES string of the molecule is Cc1cc(-c2ccccn2)c(C)cn1. The third kappa shape index (κ3) is 1.64. The predicted octanol–water partition coefficient (Wildman–Crippen LogP) is 2.76. The number of pyridine rings is 2. The lowest BCUT2D eigenvalue weighted by Crippen LogP contribution is -1.89. The second-order valence-corrected chi connectivity index (χ2v) is 3.36. The van der Waals surface area contributed by atoms with Gasteiger partial charge in [0.05, 0.1) is 5.69 Å². The number of hydrogen-bond acceptors (Lipinski definition) is 2. The number of hydrogen-bond donors (Lipinski definition) is 0. The van der Waals surface area contributed by atoms with Gasteiger partial charge < -0.3 is 0 Å². The third-order valence-electron chi connectivity index (χ3n) is 2.18. The molecule has 0 aliphatic rings. The Morgan fingerprint density at radius 1 is 1.07 bits per heavy atom. The van der Waals surface area contributed by atoms with E-state index in [4.69, 9.17) is 0 Å². The van der Waals surface area contributed by atoms with Gasteiger partial charge >= 0.3 is 0 Å². The molecule has 0 saturated carbocycles. The molecule has 2 heteroatoms. The van der Waals surface area contributed by atoms with E-state index in [1.165, 1.54) is 0 Å². The summed E-state index contributed by atoms with van der Waals surface area (Å²) >= 11 is 0. The van der Waals surface area contributed by atoms with Crippen LogP contribution in [0.1, 0.15) is 11.3 Å². The average Bonchev–Trinajstić information content (AvgIpc) is 2.23. The van der Waals surface area contributed by atoms with E-state index >= 15 is 0 Å². The topological polar surface area (TPSA) is 25.8 Å². The Labute approximate surface area is 83.7 Å². The maximum atomic E-state index is 4.32. The van der Waals surface area contributed by atoms with Crippen LogP contribution in [0.15, 0.2) is 36.7 Å². The summed E-state index contributed by atoms with van der Waals surface area (Å²) in [6, 6.07) is 8.00. The van der Waals surface area contributed by atoms with Crippen LogP contribution >= 0.6 is 0 Å². The highest BCUT2D eigenvalue weighted by Gasteiger charge is 2.02. The van der Waals surface area contributed by atoms with Crippen molar-refractivity contribution < 1.29 is 0 Å². The van der Waals surface area contributed by atoms with Crippen molar-refractivity contribution in [3.63, 3.8) is 0 Å². The minimum atomic E-state index is 1.01. The largest absolute Gasteiger partial charge is 0.261 e. The molecule has 0 aromatic carbocycles. The Bertz CT molecular complexity index is 435. The summed E-state index contributed by atoms with van der Waals surface area (Å²) in [5.41, 5.74) is 4.36. The van der Waals surface area contributed by atoms with E-state index < -0.39 is 0 Å². The summed E-state index contributed by atoms with van der Waals surface area (Å²) in [6.45, 7) is 4.04. The molecule has 2 nitrogen and oxygen atoms in total. The number of aromatic nitrogens is 2. The fourth-order valence-corrected chi connectivity index (χ4v) is 1.43. The lowest BCUT2D eigenvalue weighted by atomic mass is 10.1. The van der Waals surface area contributed by atoms with E-state index in [1.54, 1.807) is 0 Å². The van der Waals surface area contributed by atoms with Crippen molar-refractivity contribution in [1.82, 2.24) is 9.97 Å². The standard InChI is InChI=1S/C12H12N2/c1-9-8-14-10(2)7-11(9)12-5-3-4-6-13-12/h3-8H,1-2H3. The van der Waals surface area contributed by atoms with Gasteiger partial charge in [0.25, 0.3) is 0 Å². The van der Waals surface area contributed by atoms with Gasteiger partial charge in [-0.1, -0.05) is 6.07 Å². The minimum absolute atomic E-state index is 1.01. The molecule has 2 aromatic rings. The first kappa shape index (κ1) is 8.88. The fraction of sp³-hybridized carbons (Fsp3) is 0.167. The Morgan fingerprint density at radius 3 is 2.64 bits per heavy atom. The lowest BCUT2D eigenvalue weighted by Gasteiger charge is -2.04. The lowest BCUT2D eigenvalue weighted by molar-refractivity contribution is 1.16. The molecule has 0 saturated heterocycles. The van der Waals surface area contributed by atoms with Gasteiger partial charge in [0.15, 0.2) is 0 Å². The van der Waals surface area contributed by atoms with Gasteiger partial charge in [0.1, 0.15) is 0 Å². The molecule has 0 amide bonds. The molecule has 2 rings (SSSR count). The number of aryl methyl sites for hydroxylation is 2. The van der Waals surface area contributed by atoms with Crippen LogP contribution in [0.2, 0.25) is 0 Å². The highest BCUT2D eigenvalue weighted by molar-refractivity contribution is 5.62. The molecule has 0 N–H and O–H groups in total. The minimum Gasteiger partial charge on any atom is -0.261 e. The van der Waals surface area contributed by atoms with Crippen molar-refractivity contribution in [3.05, 3.63) is 47.9 Å². The molecule has 14 heavy (non-hydrogen) atoms. The Hall–Kier alpha value is -1.70. The van der Waals surface area contributed by atoms with E-state index in [0.717, 1.165) is 22.5 Å². The molecule has 0 spiro atoms. The Balaban J connectivity index is 2.57. The van der Waals surface area contributed by atoms with Gasteiger partial charge in [-0.3, -0.25) is 9.97 Å². The molecule has 2 aromatic heterocycles. The Kier molecular flexibility index (Phi) is 2.27. The molecule has 0 aliphatic carbocycles. The maximum Gasteiger partial charge on any atom is 0.0705 e. The summed E-state index contributed by atoms with van der Waals surface area (Å²) < 4.78 is 0. The van der Waals surface area contributed by atoms with Gasteiger partial charge in [-0.05, 0) is 37.6 Å². The summed E-state index contributed by atoms with van der Waals surface area (Å²) in [6.07, 6.45) is 3.70. The quantitative estimate of drug-likeness (QED) is 0.681. The first-order chi connectivity index (χ1) is 6.77. The van der Waals surface area contributed by atoms with Crippen LogP contribution in [0.4, 0.5) is 0 Å². The zero-order chi connectivity index (χ0) is 9.97. The molecule has 0 atom stereocenters. The highest BCUT2D eigenvalue weighted by Crippen LogP contribution is 2.20. The van der Waals surface area contributed by atoms with Gasteiger partial charge in [0.2, 0.25) is 0 Å². The van der Waals surface area contributed by atoms with E-state index in [2.05, 4.69) is 23.0 Å². The van der Waals surface area contributed by atoms with Crippen molar-refractivity contribution in [2.24, 2.45) is 0 Å². The maximum absolute atomic E-state index is 4.32. The molecule has 0 aliphatic heterocycles. The predicted molar refractivity (Wildman–Crippen MR) is 56.9 cm³/mol. The molecular weight excluding hydrogens is 172 g/mol. The van der Waals surface area contributed by atoms with Crippen LogP contribution in [0.5, 0.6) is 0 Å². The van der Waals surface area contributed by atoms with Gasteiger partial charge in [-0.25, -0.2) is 0 Å². The summed E-state index contributed by atoms with van der Waals surface area (Å²) in [7, 11) is 0. The van der Waals surface area contributed by atoms with Crippen LogP contribution in [0, 0.1) is 13.8 Å². The summed E-state index contributed by atoms with van der Waals surface area (Å²) in [5, 5.41) is 0. The van der Waals surface area contributed by atoms with Gasteiger partial charge in [0, 0.05) is 23.7 Å². The summed E-state index contributed by atoms with van der Waals surface area (Å²) in [5.74, 6) is 0. The van der Waals surface area contributed by atoms with Crippen molar-refractivity contribution >= 4 is 0 Å². The van der Waals surface area contributed by atoms with Crippen LogP contribution in [-0.4, -0.2) is 9.97 Å². The number of rotatable bonds is 1. The van der Waals surface area contributed by atoms with Crippen LogP contribution < -0.4 is 0 Å². The molecular formula is C12H12N2. The summed E-state index contributed by atoms with van der Waals surface area (Å²) in [4.78, 5) is 8.56. The molecule has 0 radical (unpaired) electrons. The third-order valence-corrected chi connectivity index (χ3v) is 2.18. The van der Waals surface area contributed by atoms with Crippen molar-refractivity contribution in [3.8, 4) is 11.3 Å². The second kappa shape index (κ2) is 3.58. The van der Waals surface area contributed by atoms with Gasteiger partial charge in [-0.15, -0.1) is 0 Å². The fourth-order valence-electron chi connectivity index (χ4n) is 1.43. The van der Waals surface area contributed by atoms with Crippen molar-refractivity contribution in [1.29, 1.82) is 0 Å². The normalized spacial score (nSPS) is 10.1. The molecule has 0 fully saturated rings. The van der Waals surface area contributed by atoms with Crippen molar-refractivity contribution in [2.45, 2.75) is 13.8 Å².